The number of alkyl halides is 6. The number of aliphatic hydroxyl groups is 1. The zero-order valence-electron chi connectivity index (χ0n) is 18.5. The van der Waals surface area contributed by atoms with E-state index in [4.69, 9.17) is 4.74 Å². The van der Waals surface area contributed by atoms with E-state index in [1.165, 1.54) is 0 Å². The summed E-state index contributed by atoms with van der Waals surface area (Å²) in [5.41, 5.74) is -5.57. The zero-order valence-corrected chi connectivity index (χ0v) is 18.5. The second-order valence-electron chi connectivity index (χ2n) is 10.7. The number of esters is 1. The lowest BCUT2D eigenvalue weighted by Crippen LogP contribution is -2.59. The summed E-state index contributed by atoms with van der Waals surface area (Å²) in [5.74, 6) is -2.50. The van der Waals surface area contributed by atoms with E-state index >= 15 is 0 Å². The van der Waals surface area contributed by atoms with Crippen molar-refractivity contribution in [2.45, 2.75) is 84.4 Å². The van der Waals surface area contributed by atoms with E-state index in [9.17, 15) is 36.2 Å². The average molecular weight is 458 g/mol. The summed E-state index contributed by atoms with van der Waals surface area (Å²) in [5, 5.41) is 9.78. The Morgan fingerprint density at radius 2 is 1.39 bits per heavy atom. The Bertz CT molecular complexity index is 676. The normalized spacial score (nSPS) is 33.6. The van der Waals surface area contributed by atoms with Crippen molar-refractivity contribution in [3.8, 4) is 0 Å². The molecule has 0 aromatic rings. The van der Waals surface area contributed by atoms with Gasteiger partial charge in [0.05, 0.1) is 5.41 Å². The Hall–Kier alpha value is -0.990. The highest BCUT2D eigenvalue weighted by Gasteiger charge is 2.73. The number of rotatable bonds is 6. The molecule has 0 amide bonds. The first kappa shape index (κ1) is 24.6. The third kappa shape index (κ3) is 3.57. The minimum atomic E-state index is -5.83. The van der Waals surface area contributed by atoms with E-state index in [1.807, 2.05) is 27.7 Å². The van der Waals surface area contributed by atoms with E-state index in [1.54, 1.807) is 6.92 Å². The van der Waals surface area contributed by atoms with Crippen LogP contribution in [0.2, 0.25) is 0 Å². The van der Waals surface area contributed by atoms with E-state index in [0.717, 1.165) is 0 Å². The molecular formula is C22H32F6O3. The number of halogens is 6. The van der Waals surface area contributed by atoms with Gasteiger partial charge in [-0.15, -0.1) is 0 Å². The van der Waals surface area contributed by atoms with Gasteiger partial charge >= 0.3 is 18.3 Å². The fourth-order valence-electron chi connectivity index (χ4n) is 6.52. The fraction of sp³-hybridized carbons (Fsp3) is 0.955. The van der Waals surface area contributed by atoms with Gasteiger partial charge < -0.3 is 9.84 Å². The second kappa shape index (κ2) is 7.52. The van der Waals surface area contributed by atoms with E-state index < -0.39 is 53.7 Å². The molecule has 0 spiro atoms. The Kier molecular flexibility index (Phi) is 5.98. The van der Waals surface area contributed by atoms with Crippen LogP contribution in [0, 0.1) is 46.8 Å². The van der Waals surface area contributed by atoms with Crippen molar-refractivity contribution in [3.63, 3.8) is 0 Å². The first-order valence-electron chi connectivity index (χ1n) is 11.0. The van der Waals surface area contributed by atoms with Gasteiger partial charge in [0.1, 0.15) is 6.10 Å². The van der Waals surface area contributed by atoms with Crippen molar-refractivity contribution < 1.29 is 41.0 Å². The summed E-state index contributed by atoms with van der Waals surface area (Å²) < 4.78 is 85.8. The molecule has 1 N–H and O–H groups in total. The molecule has 3 nitrogen and oxygen atoms in total. The van der Waals surface area contributed by atoms with Crippen LogP contribution in [-0.4, -0.2) is 35.1 Å². The highest BCUT2D eigenvalue weighted by atomic mass is 19.4. The molecule has 0 aliphatic heterocycles. The van der Waals surface area contributed by atoms with Crippen molar-refractivity contribution >= 4 is 5.97 Å². The van der Waals surface area contributed by atoms with Gasteiger partial charge in [-0.05, 0) is 74.0 Å². The van der Waals surface area contributed by atoms with Crippen LogP contribution in [0.1, 0.15) is 60.3 Å². The zero-order chi connectivity index (χ0) is 23.7. The molecule has 3 fully saturated rings. The summed E-state index contributed by atoms with van der Waals surface area (Å²) in [6.07, 6.45) is -12.2. The van der Waals surface area contributed by atoms with Gasteiger partial charge in [-0.2, -0.15) is 26.3 Å². The number of fused-ring (bicyclic) bond motifs is 1. The summed E-state index contributed by atoms with van der Waals surface area (Å²) in [7, 11) is 0. The molecule has 0 radical (unpaired) electrons. The van der Waals surface area contributed by atoms with E-state index in [0.29, 0.717) is 19.3 Å². The van der Waals surface area contributed by atoms with Crippen LogP contribution in [0.4, 0.5) is 26.3 Å². The van der Waals surface area contributed by atoms with Crippen LogP contribution in [0.5, 0.6) is 0 Å². The van der Waals surface area contributed by atoms with Gasteiger partial charge in [-0.25, -0.2) is 0 Å². The molecule has 3 aliphatic rings. The van der Waals surface area contributed by atoms with Crippen LogP contribution < -0.4 is 0 Å². The Balaban J connectivity index is 1.87. The molecule has 9 heteroatoms. The molecular weight excluding hydrogens is 426 g/mol. The van der Waals surface area contributed by atoms with E-state index in [2.05, 4.69) is 0 Å². The summed E-state index contributed by atoms with van der Waals surface area (Å²) >= 11 is 0. The van der Waals surface area contributed by atoms with Gasteiger partial charge in [0.15, 0.2) is 0 Å². The molecule has 6 atom stereocenters. The third-order valence-corrected chi connectivity index (χ3v) is 8.97. The van der Waals surface area contributed by atoms with Gasteiger partial charge in [0.2, 0.25) is 0 Å². The van der Waals surface area contributed by atoms with Gasteiger partial charge in [0, 0.05) is 0 Å². The molecule has 0 aromatic carbocycles. The second-order valence-corrected chi connectivity index (χ2v) is 10.7. The lowest BCUT2D eigenvalue weighted by atomic mass is 9.70. The summed E-state index contributed by atoms with van der Waals surface area (Å²) in [4.78, 5) is 13.1. The lowest BCUT2D eigenvalue weighted by molar-refractivity contribution is -0.374. The summed E-state index contributed by atoms with van der Waals surface area (Å²) in [6, 6.07) is 0. The number of hydrogen-bond acceptors (Lipinski definition) is 3. The van der Waals surface area contributed by atoms with E-state index in [-0.39, 0.29) is 29.6 Å². The summed E-state index contributed by atoms with van der Waals surface area (Å²) in [6.45, 7) is 9.36. The fourth-order valence-corrected chi connectivity index (χ4v) is 6.52. The van der Waals surface area contributed by atoms with Crippen LogP contribution in [0.3, 0.4) is 0 Å². The third-order valence-electron chi connectivity index (χ3n) is 8.97. The SMILES string of the molecule is CC(C)C(C)(C(=O)OC1C2CCC3C2CC1C3CC(O)(C(F)(F)F)C(F)(F)F)C(C)C. The topological polar surface area (TPSA) is 46.5 Å². The molecule has 0 aromatic heterocycles. The van der Waals surface area contributed by atoms with Crippen molar-refractivity contribution in [2.75, 3.05) is 0 Å². The Morgan fingerprint density at radius 3 is 1.84 bits per heavy atom. The number of carbonyl (C=O) groups is 1. The molecule has 180 valence electrons. The predicted octanol–water partition coefficient (Wildman–Crippen LogP) is 5.75. The van der Waals surface area contributed by atoms with Crippen LogP contribution in [0.25, 0.3) is 0 Å². The largest absolute Gasteiger partial charge is 0.461 e. The highest BCUT2D eigenvalue weighted by molar-refractivity contribution is 5.77. The minimum Gasteiger partial charge on any atom is -0.461 e. The number of carbonyl (C=O) groups excluding carboxylic acids is 1. The molecule has 3 rings (SSSR count). The minimum absolute atomic E-state index is 0.0244. The first-order valence-corrected chi connectivity index (χ1v) is 11.0. The molecule has 6 unspecified atom stereocenters. The molecule has 0 heterocycles. The van der Waals surface area contributed by atoms with Gasteiger partial charge in [-0.1, -0.05) is 27.7 Å². The molecule has 0 saturated heterocycles. The van der Waals surface area contributed by atoms with Crippen molar-refractivity contribution in [1.29, 1.82) is 0 Å². The van der Waals surface area contributed by atoms with Crippen molar-refractivity contribution in [1.82, 2.24) is 0 Å². The van der Waals surface area contributed by atoms with Crippen molar-refractivity contribution in [2.24, 2.45) is 46.8 Å². The predicted molar refractivity (Wildman–Crippen MR) is 101 cm³/mol. The highest BCUT2D eigenvalue weighted by Crippen LogP contribution is 2.66. The van der Waals surface area contributed by atoms with Crippen LogP contribution in [0.15, 0.2) is 0 Å². The van der Waals surface area contributed by atoms with Gasteiger partial charge in [-0.3, -0.25) is 4.79 Å². The molecule has 2 bridgehead atoms. The Morgan fingerprint density at radius 1 is 0.903 bits per heavy atom. The van der Waals surface area contributed by atoms with Gasteiger partial charge in [0.25, 0.3) is 5.60 Å². The average Bonchev–Trinajstić information content (AvgIpc) is 3.23. The van der Waals surface area contributed by atoms with Crippen molar-refractivity contribution in [3.05, 3.63) is 0 Å². The Labute approximate surface area is 178 Å². The first-order chi connectivity index (χ1) is 14.0. The number of ether oxygens (including phenoxy) is 1. The number of hydrogen-bond donors (Lipinski definition) is 1. The quantitative estimate of drug-likeness (QED) is 0.407. The monoisotopic (exact) mass is 458 g/mol. The molecule has 3 saturated carbocycles. The molecule has 3 aliphatic carbocycles. The lowest BCUT2D eigenvalue weighted by Gasteiger charge is -2.42. The maximum absolute atomic E-state index is 13.3. The maximum Gasteiger partial charge on any atom is 0.426 e. The van der Waals surface area contributed by atoms with Crippen LogP contribution in [-0.2, 0) is 9.53 Å². The van der Waals surface area contributed by atoms with Crippen LogP contribution >= 0.6 is 0 Å². The smallest absolute Gasteiger partial charge is 0.426 e. The maximum atomic E-state index is 13.3. The molecule has 31 heavy (non-hydrogen) atoms. The standard InChI is InChI=1S/C22H32F6O3/c1-10(2)19(5,11(3)4)18(29)31-17-13-7-6-12-14(13)8-15(17)16(12)9-20(30,21(23,24)25)22(26,27)28/h10-17,30H,6-9H2,1-5H3.